The van der Waals surface area contributed by atoms with Gasteiger partial charge in [0.15, 0.2) is 0 Å². The quantitative estimate of drug-likeness (QED) is 0.855. The van der Waals surface area contributed by atoms with Gasteiger partial charge in [-0.05, 0) is 35.0 Å². The molecule has 18 heavy (non-hydrogen) atoms. The highest BCUT2D eigenvalue weighted by molar-refractivity contribution is 9.10. The molecule has 0 unspecified atom stereocenters. The first-order valence-electron chi connectivity index (χ1n) is 4.91. The molecule has 0 aliphatic heterocycles. The Morgan fingerprint density at radius 3 is 2.83 bits per heavy atom. The number of halogens is 4. The van der Waals surface area contributed by atoms with Gasteiger partial charge in [0.1, 0.15) is 11.6 Å². The van der Waals surface area contributed by atoms with E-state index in [2.05, 4.69) is 20.9 Å². The number of pyridine rings is 1. The third-order valence-electron chi connectivity index (χ3n) is 1.85. The number of nitrogens with one attached hydrogen (secondary N) is 1. The maximum atomic E-state index is 11.9. The molecular weight excluding hydrogens is 333 g/mol. The van der Waals surface area contributed by atoms with Crippen LogP contribution in [0.1, 0.15) is 6.92 Å². The van der Waals surface area contributed by atoms with Gasteiger partial charge in [-0.3, -0.25) is 4.79 Å². The van der Waals surface area contributed by atoms with Crippen molar-refractivity contribution >= 4 is 33.6 Å². The molecule has 0 aliphatic rings. The third kappa shape index (κ3) is 5.26. The van der Waals surface area contributed by atoms with Crippen LogP contribution in [0.15, 0.2) is 27.8 Å². The summed E-state index contributed by atoms with van der Waals surface area (Å²) in [5.41, 5.74) is 0. The summed E-state index contributed by atoms with van der Waals surface area (Å²) in [5, 5.41) is 1.74. The molecule has 1 amide bonds. The van der Waals surface area contributed by atoms with E-state index >= 15 is 0 Å². The van der Waals surface area contributed by atoms with Crippen LogP contribution in [0.3, 0.4) is 0 Å². The minimum absolute atomic E-state index is 0.562. The van der Waals surface area contributed by atoms with Gasteiger partial charge in [0.25, 0.3) is 0 Å². The zero-order valence-electron chi connectivity index (χ0n) is 9.29. The molecule has 1 heterocycles. The van der Waals surface area contributed by atoms with Gasteiger partial charge < -0.3 is 5.32 Å². The lowest BCUT2D eigenvalue weighted by atomic mass is 10.4. The lowest BCUT2D eigenvalue weighted by molar-refractivity contribution is -0.137. The topological polar surface area (TPSA) is 42.0 Å². The average molecular weight is 343 g/mol. The standard InChI is InChI=1S/C10H10BrF3N2OS/c1-6(8(17)16-5-10(12,13)14)18-9-7(11)3-2-4-15-9/h2-4,6H,5H2,1H3,(H,16,17)/t6-/m1/s1. The van der Waals surface area contributed by atoms with E-state index in [1.54, 1.807) is 18.3 Å². The second-order valence-electron chi connectivity index (χ2n) is 3.38. The maximum absolute atomic E-state index is 11.9. The largest absolute Gasteiger partial charge is 0.405 e. The number of carbonyl (C=O) groups is 1. The van der Waals surface area contributed by atoms with Crippen molar-refractivity contribution in [2.45, 2.75) is 23.4 Å². The third-order valence-corrected chi connectivity index (χ3v) is 3.86. The van der Waals surface area contributed by atoms with Crippen LogP contribution in [0.25, 0.3) is 0 Å². The molecule has 0 radical (unpaired) electrons. The fourth-order valence-electron chi connectivity index (χ4n) is 1.01. The zero-order chi connectivity index (χ0) is 13.8. The van der Waals surface area contributed by atoms with Crippen LogP contribution < -0.4 is 5.32 Å². The highest BCUT2D eigenvalue weighted by Crippen LogP contribution is 2.28. The molecule has 0 saturated heterocycles. The van der Waals surface area contributed by atoms with Gasteiger partial charge in [-0.25, -0.2) is 4.98 Å². The van der Waals surface area contributed by atoms with Crippen molar-refractivity contribution in [3.05, 3.63) is 22.8 Å². The van der Waals surface area contributed by atoms with Crippen molar-refractivity contribution < 1.29 is 18.0 Å². The number of aromatic nitrogens is 1. The SMILES string of the molecule is C[C@@H](Sc1ncccc1Br)C(=O)NCC(F)(F)F. The van der Waals surface area contributed by atoms with Crippen molar-refractivity contribution in [3.8, 4) is 0 Å². The monoisotopic (exact) mass is 342 g/mol. The molecule has 1 aromatic rings. The van der Waals surface area contributed by atoms with E-state index in [0.29, 0.717) is 9.50 Å². The molecule has 0 spiro atoms. The molecule has 0 aromatic carbocycles. The molecule has 1 aromatic heterocycles. The van der Waals surface area contributed by atoms with Crippen LogP contribution in [-0.2, 0) is 4.79 Å². The van der Waals surface area contributed by atoms with Gasteiger partial charge in [-0.2, -0.15) is 13.2 Å². The minimum atomic E-state index is -4.40. The fourth-order valence-corrected chi connectivity index (χ4v) is 2.37. The highest BCUT2D eigenvalue weighted by Gasteiger charge is 2.29. The molecule has 8 heteroatoms. The van der Waals surface area contributed by atoms with Crippen LogP contribution in [0.2, 0.25) is 0 Å². The van der Waals surface area contributed by atoms with Crippen molar-refractivity contribution in [1.82, 2.24) is 10.3 Å². The molecule has 1 atom stereocenters. The lowest BCUT2D eigenvalue weighted by Crippen LogP contribution is -2.38. The summed E-state index contributed by atoms with van der Waals surface area (Å²) in [4.78, 5) is 15.5. The summed E-state index contributed by atoms with van der Waals surface area (Å²) in [6.45, 7) is 0.206. The molecule has 0 bridgehead atoms. The van der Waals surface area contributed by atoms with Crippen molar-refractivity contribution in [3.63, 3.8) is 0 Å². The number of hydrogen-bond acceptors (Lipinski definition) is 3. The number of alkyl halides is 3. The summed E-state index contributed by atoms with van der Waals surface area (Å²) < 4.78 is 36.5. The first-order valence-corrected chi connectivity index (χ1v) is 6.58. The van der Waals surface area contributed by atoms with Crippen LogP contribution in [0.5, 0.6) is 0 Å². The van der Waals surface area contributed by atoms with Gasteiger partial charge in [0.05, 0.1) is 5.25 Å². The molecule has 3 nitrogen and oxygen atoms in total. The van der Waals surface area contributed by atoms with Gasteiger partial charge in [0, 0.05) is 10.7 Å². The van der Waals surface area contributed by atoms with Gasteiger partial charge in [-0.1, -0.05) is 11.8 Å². The van der Waals surface area contributed by atoms with E-state index in [1.807, 2.05) is 5.32 Å². The average Bonchev–Trinajstić information content (AvgIpc) is 2.28. The van der Waals surface area contributed by atoms with Gasteiger partial charge >= 0.3 is 6.18 Å². The van der Waals surface area contributed by atoms with Crippen LogP contribution in [-0.4, -0.2) is 28.9 Å². The lowest BCUT2D eigenvalue weighted by Gasteiger charge is -2.13. The van der Waals surface area contributed by atoms with Crippen LogP contribution in [0, 0.1) is 0 Å². The van der Waals surface area contributed by atoms with E-state index in [4.69, 9.17) is 0 Å². The van der Waals surface area contributed by atoms with Crippen molar-refractivity contribution in [2.24, 2.45) is 0 Å². The predicted molar refractivity (Wildman–Crippen MR) is 66.3 cm³/mol. The Morgan fingerprint density at radius 2 is 2.28 bits per heavy atom. The number of carbonyl (C=O) groups excluding carboxylic acids is 1. The Morgan fingerprint density at radius 1 is 1.61 bits per heavy atom. The highest BCUT2D eigenvalue weighted by atomic mass is 79.9. The Bertz CT molecular complexity index is 428. The van der Waals surface area contributed by atoms with E-state index in [0.717, 1.165) is 11.8 Å². The second kappa shape index (κ2) is 6.42. The minimum Gasteiger partial charge on any atom is -0.346 e. The molecular formula is C10H10BrF3N2OS. The Kier molecular flexibility index (Phi) is 5.46. The number of rotatable bonds is 4. The van der Waals surface area contributed by atoms with Crippen LogP contribution in [0.4, 0.5) is 13.2 Å². The summed E-state index contributed by atoms with van der Waals surface area (Å²) in [5.74, 6) is -0.671. The normalized spacial score (nSPS) is 13.2. The van der Waals surface area contributed by atoms with Crippen LogP contribution >= 0.6 is 27.7 Å². The molecule has 0 fully saturated rings. The Balaban J connectivity index is 2.53. The van der Waals surface area contributed by atoms with E-state index in [1.165, 1.54) is 6.92 Å². The van der Waals surface area contributed by atoms with Gasteiger partial charge in [-0.15, -0.1) is 0 Å². The van der Waals surface area contributed by atoms with E-state index in [9.17, 15) is 18.0 Å². The molecule has 0 aliphatic carbocycles. The predicted octanol–water partition coefficient (Wildman–Crippen LogP) is 3.00. The maximum Gasteiger partial charge on any atom is 0.405 e. The first-order chi connectivity index (χ1) is 8.29. The second-order valence-corrected chi connectivity index (χ2v) is 5.57. The van der Waals surface area contributed by atoms with Crippen molar-refractivity contribution in [1.29, 1.82) is 0 Å². The fraction of sp³-hybridized carbons (Fsp3) is 0.400. The molecule has 1 N–H and O–H groups in total. The number of hydrogen-bond donors (Lipinski definition) is 1. The first kappa shape index (κ1) is 15.3. The molecule has 1 rings (SSSR count). The Hall–Kier alpha value is -0.760. The number of nitrogens with zero attached hydrogens (tertiary/aromatic N) is 1. The molecule has 0 saturated carbocycles. The number of amides is 1. The Labute approximate surface area is 115 Å². The summed E-state index contributed by atoms with van der Waals surface area (Å²) in [6, 6.07) is 3.46. The summed E-state index contributed by atoms with van der Waals surface area (Å²) in [6.07, 6.45) is -2.85. The van der Waals surface area contributed by atoms with Gasteiger partial charge in [0.2, 0.25) is 5.91 Å². The summed E-state index contributed by atoms with van der Waals surface area (Å²) in [7, 11) is 0. The molecule has 100 valence electrons. The number of thioether (sulfide) groups is 1. The smallest absolute Gasteiger partial charge is 0.346 e. The van der Waals surface area contributed by atoms with E-state index in [-0.39, 0.29) is 0 Å². The van der Waals surface area contributed by atoms with Crippen molar-refractivity contribution in [2.75, 3.05) is 6.54 Å². The van der Waals surface area contributed by atoms with E-state index < -0.39 is 23.9 Å². The summed E-state index contributed by atoms with van der Waals surface area (Å²) >= 11 is 4.34. The zero-order valence-corrected chi connectivity index (χ0v) is 11.7.